The SMILES string of the molecule is NC(=O)C=NNC(N)=O. The number of hydrazone groups is 1. The third kappa shape index (κ3) is 6.41. The Labute approximate surface area is 50.9 Å². The lowest BCUT2D eigenvalue weighted by Crippen LogP contribution is -2.25. The Morgan fingerprint density at radius 2 is 2.00 bits per heavy atom. The monoisotopic (exact) mass is 130 g/mol. The summed E-state index contributed by atoms with van der Waals surface area (Å²) in [4.78, 5) is 19.7. The summed E-state index contributed by atoms with van der Waals surface area (Å²) in [6.45, 7) is 0. The van der Waals surface area contributed by atoms with E-state index in [2.05, 4.69) is 16.6 Å². The molecule has 6 nitrogen and oxygen atoms in total. The van der Waals surface area contributed by atoms with E-state index in [0.717, 1.165) is 6.21 Å². The molecule has 0 spiro atoms. The molecular weight excluding hydrogens is 124 g/mol. The van der Waals surface area contributed by atoms with Crippen molar-refractivity contribution in [2.75, 3.05) is 0 Å². The third-order valence-corrected chi connectivity index (χ3v) is 0.367. The summed E-state index contributed by atoms with van der Waals surface area (Å²) in [7, 11) is 0. The second-order valence-electron chi connectivity index (χ2n) is 1.14. The van der Waals surface area contributed by atoms with Gasteiger partial charge in [0.1, 0.15) is 6.21 Å². The van der Waals surface area contributed by atoms with E-state index in [1.54, 1.807) is 5.43 Å². The van der Waals surface area contributed by atoms with Crippen LogP contribution in [0.1, 0.15) is 0 Å². The van der Waals surface area contributed by atoms with Crippen molar-refractivity contribution in [2.45, 2.75) is 0 Å². The first-order valence-electron chi connectivity index (χ1n) is 2.01. The van der Waals surface area contributed by atoms with E-state index in [1.165, 1.54) is 0 Å². The molecule has 0 radical (unpaired) electrons. The van der Waals surface area contributed by atoms with Gasteiger partial charge in [0.05, 0.1) is 0 Å². The number of carbonyl (C=O) groups excluding carboxylic acids is 2. The Bertz CT molecular complexity index is 152. The number of nitrogens with one attached hydrogen (secondary N) is 1. The molecule has 0 fully saturated rings. The van der Waals surface area contributed by atoms with E-state index < -0.39 is 11.9 Å². The van der Waals surface area contributed by atoms with Gasteiger partial charge in [-0.1, -0.05) is 0 Å². The summed E-state index contributed by atoms with van der Waals surface area (Å²) in [6, 6.07) is -0.840. The molecule has 9 heavy (non-hydrogen) atoms. The van der Waals surface area contributed by atoms with Crippen molar-refractivity contribution >= 4 is 18.2 Å². The highest BCUT2D eigenvalue weighted by Gasteiger charge is 1.85. The second-order valence-corrected chi connectivity index (χ2v) is 1.14. The quantitative estimate of drug-likeness (QED) is 0.300. The summed E-state index contributed by atoms with van der Waals surface area (Å²) in [5, 5.41) is 3.05. The number of carbonyl (C=O) groups is 2. The van der Waals surface area contributed by atoms with E-state index in [9.17, 15) is 9.59 Å². The van der Waals surface area contributed by atoms with Gasteiger partial charge < -0.3 is 11.5 Å². The van der Waals surface area contributed by atoms with Crippen molar-refractivity contribution in [1.29, 1.82) is 0 Å². The van der Waals surface area contributed by atoms with E-state index >= 15 is 0 Å². The van der Waals surface area contributed by atoms with Crippen molar-refractivity contribution in [3.63, 3.8) is 0 Å². The van der Waals surface area contributed by atoms with Crippen molar-refractivity contribution in [3.05, 3.63) is 0 Å². The molecule has 0 atom stereocenters. The molecule has 0 aromatic heterocycles. The van der Waals surface area contributed by atoms with Gasteiger partial charge in [-0.15, -0.1) is 0 Å². The molecule has 0 aromatic carbocycles. The maximum Gasteiger partial charge on any atom is 0.332 e. The van der Waals surface area contributed by atoms with Crippen molar-refractivity contribution < 1.29 is 9.59 Å². The Hall–Kier alpha value is -1.59. The maximum atomic E-state index is 9.86. The van der Waals surface area contributed by atoms with Gasteiger partial charge in [0.25, 0.3) is 5.91 Å². The van der Waals surface area contributed by atoms with Gasteiger partial charge in [0.2, 0.25) is 0 Å². The Morgan fingerprint density at radius 3 is 2.33 bits per heavy atom. The van der Waals surface area contributed by atoms with E-state index in [0.29, 0.717) is 0 Å². The number of urea groups is 1. The number of primary amides is 2. The summed E-state index contributed by atoms with van der Waals surface area (Å²) in [5.41, 5.74) is 10.9. The Morgan fingerprint density at radius 1 is 1.44 bits per heavy atom. The van der Waals surface area contributed by atoms with Crippen LogP contribution < -0.4 is 16.9 Å². The van der Waals surface area contributed by atoms with Crippen LogP contribution in [-0.4, -0.2) is 18.2 Å². The topological polar surface area (TPSA) is 111 Å². The van der Waals surface area contributed by atoms with Gasteiger partial charge in [-0.3, -0.25) is 4.79 Å². The van der Waals surface area contributed by atoms with Crippen molar-refractivity contribution in [3.8, 4) is 0 Å². The fourth-order valence-corrected chi connectivity index (χ4v) is 0.160. The lowest BCUT2D eigenvalue weighted by molar-refractivity contribution is -0.111. The molecule has 0 heterocycles. The van der Waals surface area contributed by atoms with Gasteiger partial charge >= 0.3 is 6.03 Å². The predicted molar refractivity (Wildman–Crippen MR) is 30.4 cm³/mol. The minimum absolute atomic E-state index is 0.741. The molecule has 6 heteroatoms. The van der Waals surface area contributed by atoms with E-state index in [1.807, 2.05) is 0 Å². The first-order chi connectivity index (χ1) is 4.13. The van der Waals surface area contributed by atoms with Crippen LogP contribution in [0.15, 0.2) is 5.10 Å². The number of amides is 3. The second kappa shape index (κ2) is 3.42. The standard InChI is InChI=1S/C3H6N4O2/c4-2(8)1-6-7-3(5)9/h1H,(H2,4,8)(H3,5,7,9). The molecule has 0 aromatic rings. The van der Waals surface area contributed by atoms with Gasteiger partial charge in [0, 0.05) is 0 Å². The normalized spacial score (nSPS) is 9.33. The fourth-order valence-electron chi connectivity index (χ4n) is 0.160. The summed E-state index contributed by atoms with van der Waals surface area (Å²) < 4.78 is 0. The lowest BCUT2D eigenvalue weighted by atomic mass is 10.7. The van der Waals surface area contributed by atoms with Crippen LogP contribution in [0.2, 0.25) is 0 Å². The average molecular weight is 130 g/mol. The average Bonchev–Trinajstić information content (AvgIpc) is 1.63. The molecule has 0 unspecified atom stereocenters. The molecule has 0 saturated heterocycles. The molecule has 0 aliphatic carbocycles. The predicted octanol–water partition coefficient (Wildman–Crippen LogP) is -1.87. The largest absolute Gasteiger partial charge is 0.365 e. The van der Waals surface area contributed by atoms with E-state index in [-0.39, 0.29) is 0 Å². The van der Waals surface area contributed by atoms with Gasteiger partial charge in [-0.05, 0) is 0 Å². The summed E-state index contributed by atoms with van der Waals surface area (Å²) in [5.74, 6) is -0.747. The molecule has 0 saturated carbocycles. The van der Waals surface area contributed by atoms with Crippen LogP contribution in [0.3, 0.4) is 0 Å². The zero-order valence-corrected chi connectivity index (χ0v) is 4.50. The Balaban J connectivity index is 3.48. The molecule has 3 amide bonds. The minimum Gasteiger partial charge on any atom is -0.365 e. The van der Waals surface area contributed by atoms with Crippen LogP contribution in [0.25, 0.3) is 0 Å². The zero-order valence-electron chi connectivity index (χ0n) is 4.50. The molecular formula is C3H6N4O2. The van der Waals surface area contributed by atoms with Crippen LogP contribution in [0.4, 0.5) is 4.79 Å². The van der Waals surface area contributed by atoms with Crippen molar-refractivity contribution in [2.24, 2.45) is 16.6 Å². The third-order valence-electron chi connectivity index (χ3n) is 0.367. The smallest absolute Gasteiger partial charge is 0.332 e. The van der Waals surface area contributed by atoms with Gasteiger partial charge in [0.15, 0.2) is 0 Å². The summed E-state index contributed by atoms with van der Waals surface area (Å²) in [6.07, 6.45) is 0.741. The number of hydrogen-bond donors (Lipinski definition) is 3. The molecule has 0 rings (SSSR count). The Kier molecular flexibility index (Phi) is 2.81. The minimum atomic E-state index is -0.840. The van der Waals surface area contributed by atoms with E-state index in [4.69, 9.17) is 0 Å². The first kappa shape index (κ1) is 7.41. The highest BCUT2D eigenvalue weighted by Crippen LogP contribution is 1.55. The number of rotatable bonds is 2. The van der Waals surface area contributed by atoms with Gasteiger partial charge in [-0.25, -0.2) is 10.2 Å². The maximum absolute atomic E-state index is 9.86. The molecule has 0 aliphatic heterocycles. The lowest BCUT2D eigenvalue weighted by Gasteiger charge is -1.86. The fraction of sp³-hybridized carbons (Fsp3) is 0. The molecule has 5 N–H and O–H groups in total. The molecule has 50 valence electrons. The summed E-state index contributed by atoms with van der Waals surface area (Å²) >= 11 is 0. The van der Waals surface area contributed by atoms with Crippen LogP contribution >= 0.6 is 0 Å². The van der Waals surface area contributed by atoms with Gasteiger partial charge in [-0.2, -0.15) is 5.10 Å². The molecule has 0 aliphatic rings. The van der Waals surface area contributed by atoms with Crippen LogP contribution in [-0.2, 0) is 4.79 Å². The van der Waals surface area contributed by atoms with Crippen molar-refractivity contribution in [1.82, 2.24) is 5.43 Å². The highest BCUT2D eigenvalue weighted by atomic mass is 16.2. The molecule has 0 bridgehead atoms. The van der Waals surface area contributed by atoms with Crippen LogP contribution in [0, 0.1) is 0 Å². The number of hydrogen-bond acceptors (Lipinski definition) is 3. The highest BCUT2D eigenvalue weighted by molar-refractivity contribution is 6.25. The zero-order chi connectivity index (χ0) is 7.28. The first-order valence-corrected chi connectivity index (χ1v) is 2.01. The number of nitrogens with zero attached hydrogens (tertiary/aromatic N) is 1. The number of nitrogens with two attached hydrogens (primary N) is 2. The van der Waals surface area contributed by atoms with Crippen LogP contribution in [0.5, 0.6) is 0 Å².